The van der Waals surface area contributed by atoms with E-state index in [0.717, 1.165) is 24.3 Å². The number of amides is 3. The predicted octanol–water partition coefficient (Wildman–Crippen LogP) is 4.41. The Hall–Kier alpha value is -3.95. The summed E-state index contributed by atoms with van der Waals surface area (Å²) in [6.07, 6.45) is 4.34. The largest absolute Gasteiger partial charge is 0.394 e. The fourth-order valence-corrected chi connectivity index (χ4v) is 8.00. The summed E-state index contributed by atoms with van der Waals surface area (Å²) >= 11 is 0. The summed E-state index contributed by atoms with van der Waals surface area (Å²) in [6.45, 7) is 17.9. The fourth-order valence-electron chi connectivity index (χ4n) is 8.00. The third-order valence-corrected chi connectivity index (χ3v) is 10.2. The predicted molar refractivity (Wildman–Crippen MR) is 180 cm³/mol. The number of carbonyl (C=O) groups is 3. The first-order valence-electron chi connectivity index (χ1n) is 16.4. The van der Waals surface area contributed by atoms with Gasteiger partial charge in [0.25, 0.3) is 5.91 Å². The molecule has 2 bridgehead atoms. The van der Waals surface area contributed by atoms with Gasteiger partial charge in [-0.25, -0.2) is 0 Å². The summed E-state index contributed by atoms with van der Waals surface area (Å²) in [5.41, 5.74) is 0.567. The normalized spacial score (nSPS) is 26.8. The Morgan fingerprint density at radius 2 is 1.63 bits per heavy atom. The molecule has 3 saturated heterocycles. The van der Waals surface area contributed by atoms with E-state index in [0.29, 0.717) is 31.6 Å². The van der Waals surface area contributed by atoms with Crippen LogP contribution in [0.4, 0.5) is 11.4 Å². The number of benzene rings is 2. The van der Waals surface area contributed by atoms with E-state index in [-0.39, 0.29) is 30.9 Å². The molecule has 9 nitrogen and oxygen atoms in total. The van der Waals surface area contributed by atoms with Gasteiger partial charge in [0.2, 0.25) is 11.8 Å². The van der Waals surface area contributed by atoms with Crippen molar-refractivity contribution >= 4 is 29.1 Å². The molecule has 3 fully saturated rings. The SMILES string of the molecule is C=CCN(Cc1ccccc1)C(=O)[C@H]1[C@H]2C(=O)N([C@H](C)CO)C(C(=O)N(CC=C)c3ccc(N(CC)CC)cc3)C23CC[C@]1(C)O3. The zero-order valence-electron chi connectivity index (χ0n) is 27.6. The van der Waals surface area contributed by atoms with Crippen molar-refractivity contribution in [2.24, 2.45) is 11.8 Å². The molecule has 0 saturated carbocycles. The van der Waals surface area contributed by atoms with E-state index in [1.54, 1.807) is 28.9 Å². The van der Waals surface area contributed by atoms with Crippen molar-refractivity contribution in [2.75, 3.05) is 42.6 Å². The van der Waals surface area contributed by atoms with Gasteiger partial charge >= 0.3 is 0 Å². The molecule has 3 heterocycles. The maximum atomic E-state index is 14.8. The van der Waals surface area contributed by atoms with Crippen LogP contribution in [-0.4, -0.2) is 88.7 Å². The number of aliphatic hydroxyl groups is 1. The molecule has 3 aliphatic heterocycles. The quantitative estimate of drug-likeness (QED) is 0.312. The molecule has 5 rings (SSSR count). The summed E-state index contributed by atoms with van der Waals surface area (Å²) < 4.78 is 6.86. The van der Waals surface area contributed by atoms with Gasteiger partial charge in [-0.3, -0.25) is 14.4 Å². The number of likely N-dealkylation sites (tertiary alicyclic amines) is 1. The first-order chi connectivity index (χ1) is 22.1. The third-order valence-electron chi connectivity index (χ3n) is 10.2. The van der Waals surface area contributed by atoms with Crippen LogP contribution in [0, 0.1) is 11.8 Å². The molecular formula is C37H48N4O5. The van der Waals surface area contributed by atoms with Gasteiger partial charge in [0.05, 0.1) is 30.1 Å². The van der Waals surface area contributed by atoms with Crippen molar-refractivity contribution in [3.63, 3.8) is 0 Å². The number of aliphatic hydroxyl groups excluding tert-OH is 1. The molecule has 6 atom stereocenters. The summed E-state index contributed by atoms with van der Waals surface area (Å²) in [6, 6.07) is 15.9. The molecule has 0 radical (unpaired) electrons. The summed E-state index contributed by atoms with van der Waals surface area (Å²) in [7, 11) is 0. The van der Waals surface area contributed by atoms with Crippen molar-refractivity contribution in [3.05, 3.63) is 85.5 Å². The van der Waals surface area contributed by atoms with Crippen LogP contribution in [0.3, 0.4) is 0 Å². The molecule has 3 aliphatic rings. The molecule has 0 aliphatic carbocycles. The molecule has 1 N–H and O–H groups in total. The molecule has 2 aromatic carbocycles. The van der Waals surface area contributed by atoms with Crippen LogP contribution in [0.5, 0.6) is 0 Å². The van der Waals surface area contributed by atoms with Gasteiger partial charge in [-0.1, -0.05) is 42.5 Å². The number of rotatable bonds is 14. The van der Waals surface area contributed by atoms with Crippen molar-refractivity contribution in [2.45, 2.75) is 70.4 Å². The minimum atomic E-state index is -1.21. The Morgan fingerprint density at radius 1 is 1.00 bits per heavy atom. The molecule has 2 unspecified atom stereocenters. The second kappa shape index (κ2) is 13.4. The van der Waals surface area contributed by atoms with E-state index in [9.17, 15) is 19.5 Å². The van der Waals surface area contributed by atoms with Crippen LogP contribution >= 0.6 is 0 Å². The Morgan fingerprint density at radius 3 is 2.22 bits per heavy atom. The van der Waals surface area contributed by atoms with Crippen LogP contribution in [0.2, 0.25) is 0 Å². The van der Waals surface area contributed by atoms with Crippen LogP contribution < -0.4 is 9.80 Å². The summed E-state index contributed by atoms with van der Waals surface area (Å²) in [4.78, 5) is 50.9. The van der Waals surface area contributed by atoms with E-state index < -0.39 is 35.1 Å². The van der Waals surface area contributed by atoms with Crippen LogP contribution in [-0.2, 0) is 25.7 Å². The number of fused-ring (bicyclic) bond motifs is 1. The molecule has 9 heteroatoms. The van der Waals surface area contributed by atoms with Crippen molar-refractivity contribution in [3.8, 4) is 0 Å². The van der Waals surface area contributed by atoms with E-state index in [1.807, 2.05) is 61.5 Å². The van der Waals surface area contributed by atoms with Crippen LogP contribution in [0.15, 0.2) is 79.9 Å². The van der Waals surface area contributed by atoms with Crippen LogP contribution in [0.1, 0.15) is 46.1 Å². The Balaban J connectivity index is 1.54. The Bertz CT molecular complexity index is 1440. The topological polar surface area (TPSA) is 93.6 Å². The highest BCUT2D eigenvalue weighted by Crippen LogP contribution is 2.64. The van der Waals surface area contributed by atoms with E-state index in [4.69, 9.17) is 4.74 Å². The maximum Gasteiger partial charge on any atom is 0.253 e. The highest BCUT2D eigenvalue weighted by molar-refractivity contribution is 6.05. The van der Waals surface area contributed by atoms with Gasteiger partial charge in [0, 0.05) is 44.1 Å². The summed E-state index contributed by atoms with van der Waals surface area (Å²) in [5.74, 6) is -2.47. The molecule has 246 valence electrons. The lowest BCUT2D eigenvalue weighted by atomic mass is 9.66. The Kier molecular flexibility index (Phi) is 9.75. The third kappa shape index (κ3) is 5.53. The van der Waals surface area contributed by atoms with Crippen LogP contribution in [0.25, 0.3) is 0 Å². The minimum absolute atomic E-state index is 0.189. The number of nitrogens with zero attached hydrogens (tertiary/aromatic N) is 4. The first-order valence-corrected chi connectivity index (χ1v) is 16.4. The highest BCUT2D eigenvalue weighted by atomic mass is 16.5. The number of carbonyl (C=O) groups excluding carboxylic acids is 3. The Labute approximate surface area is 273 Å². The lowest BCUT2D eigenvalue weighted by Gasteiger charge is -2.38. The summed E-state index contributed by atoms with van der Waals surface area (Å²) in [5, 5.41) is 10.3. The van der Waals surface area contributed by atoms with E-state index >= 15 is 0 Å². The first kappa shape index (κ1) is 33.4. The second-order valence-electron chi connectivity index (χ2n) is 12.9. The van der Waals surface area contributed by atoms with Crippen molar-refractivity contribution < 1.29 is 24.2 Å². The lowest BCUT2D eigenvalue weighted by Crippen LogP contribution is -2.58. The molecule has 46 heavy (non-hydrogen) atoms. The average molecular weight is 629 g/mol. The van der Waals surface area contributed by atoms with Gasteiger partial charge in [0.15, 0.2) is 0 Å². The highest BCUT2D eigenvalue weighted by Gasteiger charge is 2.78. The average Bonchev–Trinajstić information content (AvgIpc) is 3.64. The number of ether oxygens (including phenoxy) is 1. The molecular weight excluding hydrogens is 580 g/mol. The fraction of sp³-hybridized carbons (Fsp3) is 0.486. The number of anilines is 2. The zero-order chi connectivity index (χ0) is 33.2. The molecule has 1 spiro atoms. The smallest absolute Gasteiger partial charge is 0.253 e. The number of hydrogen-bond acceptors (Lipinski definition) is 6. The minimum Gasteiger partial charge on any atom is -0.394 e. The van der Waals surface area contributed by atoms with Crippen molar-refractivity contribution in [1.82, 2.24) is 9.80 Å². The molecule has 3 amide bonds. The molecule has 0 aromatic heterocycles. The second-order valence-corrected chi connectivity index (χ2v) is 12.9. The lowest BCUT2D eigenvalue weighted by molar-refractivity contribution is -0.152. The molecule has 2 aromatic rings. The monoisotopic (exact) mass is 628 g/mol. The van der Waals surface area contributed by atoms with E-state index in [2.05, 4.69) is 31.9 Å². The van der Waals surface area contributed by atoms with Gasteiger partial charge in [-0.05, 0) is 70.4 Å². The maximum absolute atomic E-state index is 14.8. The number of hydrogen-bond donors (Lipinski definition) is 1. The zero-order valence-corrected chi connectivity index (χ0v) is 27.6. The van der Waals surface area contributed by atoms with E-state index in [1.165, 1.54) is 4.90 Å². The van der Waals surface area contributed by atoms with Crippen molar-refractivity contribution in [1.29, 1.82) is 0 Å². The van der Waals surface area contributed by atoms with Gasteiger partial charge in [-0.2, -0.15) is 0 Å². The standard InChI is InChI=1S/C37H48N4O5/c1-7-22-39(24-27-14-12-11-13-15-27)33(43)30-31-34(44)41(26(5)25-42)32(37(31)21-20-36(30,6)46-37)35(45)40(23-8-2)29-18-16-28(17-19-29)38(9-3)10-4/h7-8,11-19,26,30-32,42H,1-2,9-10,20-25H2,3-6H3/t26-,30-,31+,32?,36+,37?/m1/s1. The van der Waals surface area contributed by atoms with Gasteiger partial charge in [0.1, 0.15) is 11.6 Å². The van der Waals surface area contributed by atoms with Gasteiger partial charge in [-0.15, -0.1) is 13.2 Å². The van der Waals surface area contributed by atoms with Gasteiger partial charge < -0.3 is 29.4 Å².